The van der Waals surface area contributed by atoms with Crippen LogP contribution in [0.5, 0.6) is 0 Å². The summed E-state index contributed by atoms with van der Waals surface area (Å²) in [7, 11) is 0. The quantitative estimate of drug-likeness (QED) is 0.427. The van der Waals surface area contributed by atoms with E-state index in [2.05, 4.69) is 10.6 Å². The number of para-hydroxylation sites is 1. The molecule has 0 aliphatic rings. The summed E-state index contributed by atoms with van der Waals surface area (Å²) in [6.45, 7) is 1.53. The van der Waals surface area contributed by atoms with E-state index in [1.807, 2.05) is 30.3 Å². The zero-order valence-electron chi connectivity index (χ0n) is 15.1. The Hall–Kier alpha value is -3.75. The Kier molecular flexibility index (Phi) is 7.21. The number of rotatable bonds is 7. The number of ether oxygens (including phenoxy) is 1. The Bertz CT molecular complexity index is 869. The predicted molar refractivity (Wildman–Crippen MR) is 99.2 cm³/mol. The number of carbonyl (C=O) groups excluding carboxylic acids is 3. The molecule has 0 heterocycles. The maximum absolute atomic E-state index is 12.0. The Labute approximate surface area is 160 Å². The summed E-state index contributed by atoms with van der Waals surface area (Å²) >= 11 is 0. The fourth-order valence-corrected chi connectivity index (χ4v) is 2.32. The molecule has 0 aliphatic carbocycles. The van der Waals surface area contributed by atoms with Gasteiger partial charge in [0.25, 0.3) is 11.6 Å². The van der Waals surface area contributed by atoms with Gasteiger partial charge >= 0.3 is 12.0 Å². The van der Waals surface area contributed by atoms with Crippen molar-refractivity contribution in [2.45, 2.75) is 26.0 Å². The highest BCUT2D eigenvalue weighted by Gasteiger charge is 2.22. The topological polar surface area (TPSA) is 128 Å². The Morgan fingerprint density at radius 2 is 1.71 bits per heavy atom. The molecular weight excluding hydrogens is 366 g/mol. The number of imide groups is 1. The van der Waals surface area contributed by atoms with Crippen molar-refractivity contribution in [1.82, 2.24) is 10.6 Å². The lowest BCUT2D eigenvalue weighted by molar-refractivity contribution is -0.385. The summed E-state index contributed by atoms with van der Waals surface area (Å²) in [5.41, 5.74) is 0.816. The lowest BCUT2D eigenvalue weighted by Gasteiger charge is -2.13. The fourth-order valence-electron chi connectivity index (χ4n) is 2.32. The third kappa shape index (κ3) is 6.20. The highest BCUT2D eigenvalue weighted by Crippen LogP contribution is 2.18. The summed E-state index contributed by atoms with van der Waals surface area (Å²) in [6.07, 6.45) is -1.60. The summed E-state index contributed by atoms with van der Waals surface area (Å²) in [6, 6.07) is 14.1. The molecule has 2 rings (SSSR count). The molecule has 1 unspecified atom stereocenters. The standard InChI is InChI=1S/C19H19N3O6/c1-13(18(24)21-19(25)20-12-14-7-3-2-4-8-14)28-17(23)11-15-9-5-6-10-16(15)22(26)27/h2-10,13H,11-12H2,1H3,(H2,20,21,24,25). The van der Waals surface area contributed by atoms with Gasteiger partial charge in [0, 0.05) is 18.2 Å². The monoisotopic (exact) mass is 385 g/mol. The van der Waals surface area contributed by atoms with E-state index in [9.17, 15) is 24.5 Å². The Balaban J connectivity index is 1.82. The molecule has 2 aromatic rings. The summed E-state index contributed by atoms with van der Waals surface area (Å²) < 4.78 is 4.96. The zero-order valence-corrected chi connectivity index (χ0v) is 15.1. The highest BCUT2D eigenvalue weighted by molar-refractivity contribution is 5.97. The molecule has 2 N–H and O–H groups in total. The van der Waals surface area contributed by atoms with Crippen LogP contribution >= 0.6 is 0 Å². The summed E-state index contributed by atoms with van der Waals surface area (Å²) in [5.74, 6) is -1.62. The molecule has 1 atom stereocenters. The minimum Gasteiger partial charge on any atom is -0.452 e. The first-order chi connectivity index (χ1) is 13.4. The minimum atomic E-state index is -1.24. The van der Waals surface area contributed by atoms with E-state index in [4.69, 9.17) is 4.74 Å². The average molecular weight is 385 g/mol. The largest absolute Gasteiger partial charge is 0.452 e. The van der Waals surface area contributed by atoms with Gasteiger partial charge in [-0.15, -0.1) is 0 Å². The van der Waals surface area contributed by atoms with Gasteiger partial charge in [-0.25, -0.2) is 4.79 Å². The second kappa shape index (κ2) is 9.81. The molecule has 9 heteroatoms. The van der Waals surface area contributed by atoms with Gasteiger partial charge in [0.1, 0.15) is 0 Å². The van der Waals surface area contributed by atoms with Crippen LogP contribution in [0.15, 0.2) is 54.6 Å². The van der Waals surface area contributed by atoms with Gasteiger partial charge in [-0.05, 0) is 12.5 Å². The van der Waals surface area contributed by atoms with Crippen LogP contribution in [0, 0.1) is 10.1 Å². The van der Waals surface area contributed by atoms with E-state index in [1.165, 1.54) is 25.1 Å². The number of nitrogens with one attached hydrogen (secondary N) is 2. The van der Waals surface area contributed by atoms with Gasteiger partial charge in [0.05, 0.1) is 11.3 Å². The lowest BCUT2D eigenvalue weighted by Crippen LogP contribution is -2.44. The molecule has 0 aliphatic heterocycles. The normalized spacial score (nSPS) is 11.2. The molecule has 0 bridgehead atoms. The van der Waals surface area contributed by atoms with Gasteiger partial charge in [-0.2, -0.15) is 0 Å². The van der Waals surface area contributed by atoms with Gasteiger partial charge in [-0.3, -0.25) is 25.0 Å². The van der Waals surface area contributed by atoms with Crippen LogP contribution in [0.4, 0.5) is 10.5 Å². The highest BCUT2D eigenvalue weighted by atomic mass is 16.6. The Morgan fingerprint density at radius 1 is 1.07 bits per heavy atom. The van der Waals surface area contributed by atoms with E-state index in [0.717, 1.165) is 5.56 Å². The Morgan fingerprint density at radius 3 is 2.39 bits per heavy atom. The van der Waals surface area contributed by atoms with Crippen molar-refractivity contribution in [1.29, 1.82) is 0 Å². The third-order valence-electron chi connectivity index (χ3n) is 3.73. The van der Waals surface area contributed by atoms with Gasteiger partial charge < -0.3 is 10.1 Å². The van der Waals surface area contributed by atoms with Crippen molar-refractivity contribution in [2.75, 3.05) is 0 Å². The lowest BCUT2D eigenvalue weighted by atomic mass is 10.1. The second-order valence-corrected chi connectivity index (χ2v) is 5.85. The van der Waals surface area contributed by atoms with Crippen molar-refractivity contribution in [2.24, 2.45) is 0 Å². The number of carbonyl (C=O) groups is 3. The molecule has 0 saturated heterocycles. The van der Waals surface area contributed by atoms with Crippen LogP contribution in [0.25, 0.3) is 0 Å². The predicted octanol–water partition coefficient (Wildman–Crippen LogP) is 2.09. The second-order valence-electron chi connectivity index (χ2n) is 5.85. The van der Waals surface area contributed by atoms with Gasteiger partial charge in [0.15, 0.2) is 6.10 Å². The van der Waals surface area contributed by atoms with Crippen LogP contribution < -0.4 is 10.6 Å². The number of hydrogen-bond acceptors (Lipinski definition) is 6. The molecule has 146 valence electrons. The van der Waals surface area contributed by atoms with Crippen molar-refractivity contribution >= 4 is 23.6 Å². The number of urea groups is 1. The molecule has 0 aromatic heterocycles. The first-order valence-corrected chi connectivity index (χ1v) is 8.41. The summed E-state index contributed by atoms with van der Waals surface area (Å²) in [4.78, 5) is 46.1. The molecule has 3 amide bonds. The molecule has 0 fully saturated rings. The molecule has 0 saturated carbocycles. The zero-order chi connectivity index (χ0) is 20.5. The van der Waals surface area contributed by atoms with Crippen molar-refractivity contribution < 1.29 is 24.0 Å². The van der Waals surface area contributed by atoms with Crippen molar-refractivity contribution in [3.05, 3.63) is 75.8 Å². The molecule has 2 aromatic carbocycles. The van der Waals surface area contributed by atoms with E-state index in [1.54, 1.807) is 6.07 Å². The minimum absolute atomic E-state index is 0.172. The number of nitrogens with zero attached hydrogens (tertiary/aromatic N) is 1. The van der Waals surface area contributed by atoms with E-state index >= 15 is 0 Å². The van der Waals surface area contributed by atoms with Crippen molar-refractivity contribution in [3.8, 4) is 0 Å². The number of benzene rings is 2. The number of hydrogen-bond donors (Lipinski definition) is 2. The number of esters is 1. The maximum atomic E-state index is 12.0. The first kappa shape index (κ1) is 20.6. The van der Waals surface area contributed by atoms with Crippen LogP contribution in [0.2, 0.25) is 0 Å². The molecule has 9 nitrogen and oxygen atoms in total. The fraction of sp³-hybridized carbons (Fsp3) is 0.211. The average Bonchev–Trinajstić information content (AvgIpc) is 2.67. The van der Waals surface area contributed by atoms with E-state index < -0.39 is 28.9 Å². The van der Waals surface area contributed by atoms with E-state index in [0.29, 0.717) is 0 Å². The van der Waals surface area contributed by atoms with Gasteiger partial charge in [-0.1, -0.05) is 48.5 Å². The molecular formula is C19H19N3O6. The van der Waals surface area contributed by atoms with E-state index in [-0.39, 0.29) is 24.2 Å². The number of nitro benzene ring substituents is 1. The smallest absolute Gasteiger partial charge is 0.321 e. The van der Waals surface area contributed by atoms with Crippen LogP contribution in [-0.4, -0.2) is 28.9 Å². The van der Waals surface area contributed by atoms with Crippen LogP contribution in [-0.2, 0) is 27.3 Å². The number of nitro groups is 1. The van der Waals surface area contributed by atoms with Crippen molar-refractivity contribution in [3.63, 3.8) is 0 Å². The van der Waals surface area contributed by atoms with Gasteiger partial charge in [0.2, 0.25) is 0 Å². The molecule has 28 heavy (non-hydrogen) atoms. The number of amides is 3. The molecule has 0 radical (unpaired) electrons. The third-order valence-corrected chi connectivity index (χ3v) is 3.73. The van der Waals surface area contributed by atoms with Crippen LogP contribution in [0.3, 0.4) is 0 Å². The first-order valence-electron chi connectivity index (χ1n) is 8.41. The van der Waals surface area contributed by atoms with Crippen LogP contribution in [0.1, 0.15) is 18.1 Å². The SMILES string of the molecule is CC(OC(=O)Cc1ccccc1[N+](=O)[O-])C(=O)NC(=O)NCc1ccccc1. The maximum Gasteiger partial charge on any atom is 0.321 e. The molecule has 0 spiro atoms. The summed E-state index contributed by atoms with van der Waals surface area (Å²) in [5, 5.41) is 15.5.